The lowest BCUT2D eigenvalue weighted by Gasteiger charge is -1.90. The average Bonchev–Trinajstić information content (AvgIpc) is 2.04. The van der Waals surface area contributed by atoms with Gasteiger partial charge in [-0.2, -0.15) is 0 Å². The van der Waals surface area contributed by atoms with Crippen molar-refractivity contribution in [3.8, 4) is 0 Å². The summed E-state index contributed by atoms with van der Waals surface area (Å²) in [6.45, 7) is 5.35. The van der Waals surface area contributed by atoms with E-state index in [0.717, 1.165) is 0 Å². The van der Waals surface area contributed by atoms with Gasteiger partial charge in [0, 0.05) is 19.4 Å². The highest BCUT2D eigenvalue weighted by molar-refractivity contribution is 5.75. The van der Waals surface area contributed by atoms with E-state index in [1.54, 1.807) is 20.9 Å². The van der Waals surface area contributed by atoms with Crippen molar-refractivity contribution in [1.82, 2.24) is 5.32 Å². The molecule has 0 aliphatic heterocycles. The van der Waals surface area contributed by atoms with Gasteiger partial charge in [0.05, 0.1) is 0 Å². The summed E-state index contributed by atoms with van der Waals surface area (Å²) in [5.74, 6) is -0.157. The Balaban J connectivity index is 0. The SMILES string of the molecule is CC(C)C(N)=O.CCC(=O)NC. The first-order chi connectivity index (χ1) is 5.45. The van der Waals surface area contributed by atoms with Gasteiger partial charge in [0.25, 0.3) is 0 Å². The minimum absolute atomic E-state index is 0.00926. The van der Waals surface area contributed by atoms with Crippen molar-refractivity contribution in [3.05, 3.63) is 0 Å². The maximum absolute atomic E-state index is 10.1. The number of carbonyl (C=O) groups is 2. The molecule has 0 fully saturated rings. The second kappa shape index (κ2) is 8.04. The molecule has 0 radical (unpaired) electrons. The molecule has 0 aliphatic rings. The summed E-state index contributed by atoms with van der Waals surface area (Å²) in [7, 11) is 1.63. The first-order valence-electron chi connectivity index (χ1n) is 3.95. The van der Waals surface area contributed by atoms with Crippen molar-refractivity contribution in [2.45, 2.75) is 27.2 Å². The molecule has 4 nitrogen and oxygen atoms in total. The van der Waals surface area contributed by atoms with Crippen molar-refractivity contribution in [3.63, 3.8) is 0 Å². The monoisotopic (exact) mass is 174 g/mol. The van der Waals surface area contributed by atoms with Crippen molar-refractivity contribution < 1.29 is 9.59 Å². The molecule has 4 heteroatoms. The Morgan fingerprint density at radius 2 is 1.75 bits per heavy atom. The number of rotatable bonds is 2. The van der Waals surface area contributed by atoms with E-state index in [9.17, 15) is 9.59 Å². The number of hydrogen-bond donors (Lipinski definition) is 2. The van der Waals surface area contributed by atoms with Crippen LogP contribution in [0.5, 0.6) is 0 Å². The zero-order valence-corrected chi connectivity index (χ0v) is 8.18. The van der Waals surface area contributed by atoms with Crippen molar-refractivity contribution in [2.24, 2.45) is 11.7 Å². The molecule has 0 aromatic carbocycles. The van der Waals surface area contributed by atoms with Gasteiger partial charge in [0.2, 0.25) is 11.8 Å². The van der Waals surface area contributed by atoms with Crippen LogP contribution in [-0.2, 0) is 9.59 Å². The van der Waals surface area contributed by atoms with Gasteiger partial charge in [-0.1, -0.05) is 20.8 Å². The Kier molecular flexibility index (Phi) is 9.06. The van der Waals surface area contributed by atoms with Crippen LogP contribution in [0.1, 0.15) is 27.2 Å². The van der Waals surface area contributed by atoms with Gasteiger partial charge in [-0.25, -0.2) is 0 Å². The first kappa shape index (κ1) is 13.5. The van der Waals surface area contributed by atoms with Gasteiger partial charge in [-0.05, 0) is 0 Å². The summed E-state index contributed by atoms with van der Waals surface area (Å²) < 4.78 is 0. The Morgan fingerprint density at radius 1 is 1.42 bits per heavy atom. The standard InChI is InChI=1S/2C4H9NO/c1-3-4(6)5-2;1-3(2)4(5)6/h3H2,1-2H3,(H,5,6);3H,1-2H3,(H2,5,6). The fraction of sp³-hybridized carbons (Fsp3) is 0.750. The van der Waals surface area contributed by atoms with E-state index in [1.165, 1.54) is 0 Å². The summed E-state index contributed by atoms with van der Waals surface area (Å²) >= 11 is 0. The summed E-state index contributed by atoms with van der Waals surface area (Å²) in [5, 5.41) is 2.48. The molecule has 0 aromatic heterocycles. The van der Waals surface area contributed by atoms with E-state index in [-0.39, 0.29) is 17.7 Å². The fourth-order valence-electron chi connectivity index (χ4n) is 0.177. The summed E-state index contributed by atoms with van der Waals surface area (Å²) in [5.41, 5.74) is 4.80. The summed E-state index contributed by atoms with van der Waals surface area (Å²) in [6.07, 6.45) is 0.580. The molecular formula is C8H18N2O2. The zero-order chi connectivity index (χ0) is 10.1. The normalized spacial score (nSPS) is 8.42. The minimum atomic E-state index is -0.241. The minimum Gasteiger partial charge on any atom is -0.369 e. The van der Waals surface area contributed by atoms with Gasteiger partial charge in [-0.3, -0.25) is 9.59 Å². The van der Waals surface area contributed by atoms with Crippen LogP contribution in [0.4, 0.5) is 0 Å². The maximum atomic E-state index is 10.1. The number of carbonyl (C=O) groups excluding carboxylic acids is 2. The Labute approximate surface area is 73.5 Å². The van der Waals surface area contributed by atoms with Crippen LogP contribution >= 0.6 is 0 Å². The molecule has 0 saturated heterocycles. The molecule has 0 saturated carbocycles. The molecule has 72 valence electrons. The third-order valence-electron chi connectivity index (χ3n) is 1.17. The van der Waals surface area contributed by atoms with E-state index >= 15 is 0 Å². The second-order valence-corrected chi connectivity index (χ2v) is 2.58. The number of nitrogens with one attached hydrogen (secondary N) is 1. The smallest absolute Gasteiger partial charge is 0.219 e. The third kappa shape index (κ3) is 11.7. The fourth-order valence-corrected chi connectivity index (χ4v) is 0.177. The summed E-state index contributed by atoms with van der Waals surface area (Å²) in [6, 6.07) is 0. The zero-order valence-electron chi connectivity index (χ0n) is 8.18. The van der Waals surface area contributed by atoms with Crippen LogP contribution in [0, 0.1) is 5.92 Å². The van der Waals surface area contributed by atoms with Crippen LogP contribution in [0.2, 0.25) is 0 Å². The van der Waals surface area contributed by atoms with Crippen LogP contribution < -0.4 is 11.1 Å². The third-order valence-corrected chi connectivity index (χ3v) is 1.17. The molecule has 3 N–H and O–H groups in total. The van der Waals surface area contributed by atoms with Crippen LogP contribution in [-0.4, -0.2) is 18.9 Å². The van der Waals surface area contributed by atoms with Gasteiger partial charge < -0.3 is 11.1 Å². The highest BCUT2D eigenvalue weighted by Crippen LogP contribution is 1.84. The maximum Gasteiger partial charge on any atom is 0.219 e. The molecule has 0 atom stereocenters. The molecule has 0 rings (SSSR count). The summed E-state index contributed by atoms with van der Waals surface area (Å²) in [4.78, 5) is 20.0. The second-order valence-electron chi connectivity index (χ2n) is 2.58. The molecule has 0 bridgehead atoms. The average molecular weight is 174 g/mol. The molecule has 0 aromatic rings. The topological polar surface area (TPSA) is 72.2 Å². The lowest BCUT2D eigenvalue weighted by atomic mass is 10.2. The van der Waals surface area contributed by atoms with Crippen molar-refractivity contribution in [2.75, 3.05) is 7.05 Å². The highest BCUT2D eigenvalue weighted by Gasteiger charge is 1.96. The van der Waals surface area contributed by atoms with E-state index in [2.05, 4.69) is 5.32 Å². The van der Waals surface area contributed by atoms with Crippen molar-refractivity contribution >= 4 is 11.8 Å². The lowest BCUT2D eigenvalue weighted by Crippen LogP contribution is -2.17. The Hall–Kier alpha value is -1.06. The first-order valence-corrected chi connectivity index (χ1v) is 3.95. The van der Waals surface area contributed by atoms with Crippen molar-refractivity contribution in [1.29, 1.82) is 0 Å². The Bertz CT molecular complexity index is 136. The predicted molar refractivity (Wildman–Crippen MR) is 48.4 cm³/mol. The number of primary amides is 1. The van der Waals surface area contributed by atoms with Crippen LogP contribution in [0.15, 0.2) is 0 Å². The van der Waals surface area contributed by atoms with E-state index in [1.807, 2.05) is 6.92 Å². The predicted octanol–water partition coefficient (Wildman–Crippen LogP) is 0.270. The highest BCUT2D eigenvalue weighted by atomic mass is 16.1. The lowest BCUT2D eigenvalue weighted by molar-refractivity contribution is -0.121. The molecule has 0 spiro atoms. The van der Waals surface area contributed by atoms with Crippen LogP contribution in [0.3, 0.4) is 0 Å². The molecule has 0 unspecified atom stereocenters. The van der Waals surface area contributed by atoms with Gasteiger partial charge in [0.15, 0.2) is 0 Å². The van der Waals surface area contributed by atoms with Gasteiger partial charge >= 0.3 is 0 Å². The molecule has 0 heterocycles. The number of hydrogen-bond acceptors (Lipinski definition) is 2. The largest absolute Gasteiger partial charge is 0.369 e. The quantitative estimate of drug-likeness (QED) is 0.630. The number of amides is 2. The van der Waals surface area contributed by atoms with E-state index in [4.69, 9.17) is 5.73 Å². The molecule has 2 amide bonds. The number of nitrogens with two attached hydrogens (primary N) is 1. The Morgan fingerprint density at radius 3 is 1.75 bits per heavy atom. The van der Waals surface area contributed by atoms with E-state index < -0.39 is 0 Å². The molecule has 0 aliphatic carbocycles. The van der Waals surface area contributed by atoms with Gasteiger partial charge in [0.1, 0.15) is 0 Å². The molecule has 12 heavy (non-hydrogen) atoms. The van der Waals surface area contributed by atoms with Gasteiger partial charge in [-0.15, -0.1) is 0 Å². The van der Waals surface area contributed by atoms with E-state index in [0.29, 0.717) is 6.42 Å². The molecular weight excluding hydrogens is 156 g/mol. The van der Waals surface area contributed by atoms with Crippen LogP contribution in [0.25, 0.3) is 0 Å².